The third kappa shape index (κ3) is 4.26. The zero-order valence-corrected chi connectivity index (χ0v) is 13.6. The Hall–Kier alpha value is -0.470. The van der Waals surface area contributed by atoms with Gasteiger partial charge in [-0.15, -0.1) is 11.3 Å². The van der Waals surface area contributed by atoms with Crippen molar-refractivity contribution in [2.24, 2.45) is 5.92 Å². The lowest BCUT2D eigenvalue weighted by molar-refractivity contribution is 0.117. The molecule has 2 rings (SSSR count). The van der Waals surface area contributed by atoms with Gasteiger partial charge in [-0.05, 0) is 42.8 Å². The molecule has 1 aliphatic rings. The molecule has 1 N–H and O–H groups in total. The quantitative estimate of drug-likeness (QED) is 0.701. The smallest absolute Gasteiger partial charge is 0.252 e. The van der Waals surface area contributed by atoms with Crippen molar-refractivity contribution in [1.82, 2.24) is 9.62 Å². The Labute approximate surface area is 125 Å². The van der Waals surface area contributed by atoms with Gasteiger partial charge in [0, 0.05) is 26.7 Å². The molecular formula is C13H22N2O3S2. The highest BCUT2D eigenvalue weighted by Gasteiger charge is 2.24. The van der Waals surface area contributed by atoms with Crippen LogP contribution in [0.4, 0.5) is 0 Å². The van der Waals surface area contributed by atoms with Crippen LogP contribution in [0.2, 0.25) is 0 Å². The van der Waals surface area contributed by atoms with E-state index in [1.54, 1.807) is 13.1 Å². The van der Waals surface area contributed by atoms with Crippen molar-refractivity contribution < 1.29 is 13.2 Å². The molecule has 1 heterocycles. The minimum absolute atomic E-state index is 0.396. The van der Waals surface area contributed by atoms with Gasteiger partial charge in [0.25, 0.3) is 10.0 Å². The Bertz CT molecular complexity index is 523. The Morgan fingerprint density at radius 2 is 2.25 bits per heavy atom. The highest BCUT2D eigenvalue weighted by atomic mass is 32.2. The van der Waals surface area contributed by atoms with Gasteiger partial charge < -0.3 is 10.1 Å². The first-order valence-corrected chi connectivity index (χ1v) is 9.12. The van der Waals surface area contributed by atoms with Gasteiger partial charge in [-0.1, -0.05) is 0 Å². The predicted molar refractivity (Wildman–Crippen MR) is 80.4 cm³/mol. The molecule has 0 amide bonds. The fourth-order valence-electron chi connectivity index (χ4n) is 1.79. The standard InChI is InChI=1S/C13H22N2O3S2/c1-14-8-12-7-13(19-10-12)20(16,17)15(2)5-6-18-9-11-3-4-11/h7,10-11,14H,3-6,8-9H2,1-2H3. The summed E-state index contributed by atoms with van der Waals surface area (Å²) in [5, 5.41) is 4.89. The van der Waals surface area contributed by atoms with Gasteiger partial charge in [0.15, 0.2) is 0 Å². The van der Waals surface area contributed by atoms with E-state index >= 15 is 0 Å². The number of nitrogens with zero attached hydrogens (tertiary/aromatic N) is 1. The average molecular weight is 318 g/mol. The van der Waals surface area contributed by atoms with Crippen molar-refractivity contribution in [3.63, 3.8) is 0 Å². The summed E-state index contributed by atoms with van der Waals surface area (Å²) in [5.41, 5.74) is 0.995. The molecule has 1 aromatic heterocycles. The van der Waals surface area contributed by atoms with Gasteiger partial charge in [0.1, 0.15) is 4.21 Å². The molecule has 0 aromatic carbocycles. The molecule has 1 aromatic rings. The molecule has 0 aliphatic heterocycles. The second-order valence-corrected chi connectivity index (χ2v) is 8.33. The van der Waals surface area contributed by atoms with E-state index in [0.717, 1.165) is 12.2 Å². The first kappa shape index (κ1) is 15.9. The van der Waals surface area contributed by atoms with E-state index in [4.69, 9.17) is 4.74 Å². The Kier molecular flexibility index (Phi) is 5.57. The van der Waals surface area contributed by atoms with Crippen LogP contribution in [0.3, 0.4) is 0 Å². The zero-order valence-electron chi connectivity index (χ0n) is 12.0. The number of likely N-dealkylation sites (N-methyl/N-ethyl adjacent to an activating group) is 1. The molecular weight excluding hydrogens is 296 g/mol. The third-order valence-electron chi connectivity index (χ3n) is 3.28. The van der Waals surface area contributed by atoms with Crippen molar-refractivity contribution in [3.05, 3.63) is 17.0 Å². The van der Waals surface area contributed by atoms with Gasteiger partial charge in [0.05, 0.1) is 6.61 Å². The van der Waals surface area contributed by atoms with Crippen molar-refractivity contribution >= 4 is 21.4 Å². The number of hydrogen-bond acceptors (Lipinski definition) is 5. The molecule has 0 atom stereocenters. The summed E-state index contributed by atoms with van der Waals surface area (Å²) in [6.45, 7) is 2.30. The molecule has 114 valence electrons. The minimum atomic E-state index is -3.38. The second-order valence-electron chi connectivity index (χ2n) is 5.15. The van der Waals surface area contributed by atoms with Crippen LogP contribution in [0.15, 0.2) is 15.7 Å². The molecule has 7 heteroatoms. The molecule has 1 saturated carbocycles. The first-order valence-electron chi connectivity index (χ1n) is 6.80. The number of rotatable bonds is 9. The molecule has 0 bridgehead atoms. The highest BCUT2D eigenvalue weighted by molar-refractivity contribution is 7.91. The van der Waals surface area contributed by atoms with Crippen molar-refractivity contribution in [1.29, 1.82) is 0 Å². The van der Waals surface area contributed by atoms with E-state index in [1.807, 2.05) is 12.4 Å². The van der Waals surface area contributed by atoms with E-state index in [2.05, 4.69) is 5.32 Å². The van der Waals surface area contributed by atoms with Crippen LogP contribution < -0.4 is 5.32 Å². The maximum Gasteiger partial charge on any atom is 0.252 e. The lowest BCUT2D eigenvalue weighted by Crippen LogP contribution is -2.30. The van der Waals surface area contributed by atoms with Gasteiger partial charge in [-0.3, -0.25) is 0 Å². The summed E-state index contributed by atoms with van der Waals surface area (Å²) >= 11 is 1.27. The molecule has 1 aliphatic carbocycles. The number of ether oxygens (including phenoxy) is 1. The lowest BCUT2D eigenvalue weighted by Gasteiger charge is -2.15. The monoisotopic (exact) mass is 318 g/mol. The van der Waals surface area contributed by atoms with Crippen molar-refractivity contribution in [3.8, 4) is 0 Å². The molecule has 0 unspecified atom stereocenters. The number of hydrogen-bond donors (Lipinski definition) is 1. The summed E-state index contributed by atoms with van der Waals surface area (Å²) in [5.74, 6) is 0.707. The highest BCUT2D eigenvalue weighted by Crippen LogP contribution is 2.28. The fraction of sp³-hybridized carbons (Fsp3) is 0.692. The second kappa shape index (κ2) is 7.00. The largest absolute Gasteiger partial charge is 0.380 e. The van der Waals surface area contributed by atoms with Crippen LogP contribution >= 0.6 is 11.3 Å². The van der Waals surface area contributed by atoms with Gasteiger partial charge in [-0.2, -0.15) is 4.31 Å². The summed E-state index contributed by atoms with van der Waals surface area (Å²) < 4.78 is 32.0. The Morgan fingerprint density at radius 1 is 1.50 bits per heavy atom. The molecule has 0 radical (unpaired) electrons. The molecule has 20 heavy (non-hydrogen) atoms. The number of thiophene rings is 1. The van der Waals surface area contributed by atoms with E-state index < -0.39 is 10.0 Å². The van der Waals surface area contributed by atoms with Crippen molar-refractivity contribution in [2.45, 2.75) is 23.6 Å². The number of sulfonamides is 1. The van der Waals surface area contributed by atoms with Crippen LogP contribution in [0, 0.1) is 5.92 Å². The normalized spacial score (nSPS) is 15.9. The van der Waals surface area contributed by atoms with Crippen LogP contribution in [-0.4, -0.2) is 46.6 Å². The van der Waals surface area contributed by atoms with E-state index in [1.165, 1.54) is 28.5 Å². The molecule has 0 saturated heterocycles. The van der Waals surface area contributed by atoms with Crippen LogP contribution in [0.1, 0.15) is 18.4 Å². The summed E-state index contributed by atoms with van der Waals surface area (Å²) in [6.07, 6.45) is 2.50. The average Bonchev–Trinajstić information content (AvgIpc) is 3.11. The number of nitrogens with one attached hydrogen (secondary N) is 1. The Morgan fingerprint density at radius 3 is 2.90 bits per heavy atom. The Balaban J connectivity index is 1.86. The van der Waals surface area contributed by atoms with Crippen LogP contribution in [0.5, 0.6) is 0 Å². The summed E-state index contributed by atoms with van der Waals surface area (Å²) in [6, 6.07) is 1.73. The first-order chi connectivity index (χ1) is 9.54. The summed E-state index contributed by atoms with van der Waals surface area (Å²) in [7, 11) is 0.0694. The molecule has 5 nitrogen and oxygen atoms in total. The predicted octanol–water partition coefficient (Wildman–Crippen LogP) is 1.51. The lowest BCUT2D eigenvalue weighted by atomic mass is 10.3. The topological polar surface area (TPSA) is 58.6 Å². The van der Waals surface area contributed by atoms with Gasteiger partial charge in [0.2, 0.25) is 0 Å². The van der Waals surface area contributed by atoms with Gasteiger partial charge >= 0.3 is 0 Å². The third-order valence-corrected chi connectivity index (χ3v) is 6.60. The molecule has 1 fully saturated rings. The minimum Gasteiger partial charge on any atom is -0.380 e. The van der Waals surface area contributed by atoms with Crippen molar-refractivity contribution in [2.75, 3.05) is 33.9 Å². The molecule has 0 spiro atoms. The van der Waals surface area contributed by atoms with Crippen LogP contribution in [-0.2, 0) is 21.3 Å². The van der Waals surface area contributed by atoms with E-state index in [0.29, 0.717) is 29.8 Å². The summed E-state index contributed by atoms with van der Waals surface area (Å²) in [4.78, 5) is 0. The zero-order chi connectivity index (χ0) is 14.6. The van der Waals surface area contributed by atoms with E-state index in [9.17, 15) is 8.42 Å². The van der Waals surface area contributed by atoms with E-state index in [-0.39, 0.29) is 0 Å². The van der Waals surface area contributed by atoms with Crippen LogP contribution in [0.25, 0.3) is 0 Å². The SMILES string of the molecule is CNCc1csc(S(=O)(=O)N(C)CCOCC2CC2)c1. The maximum absolute atomic E-state index is 12.4. The fourth-order valence-corrected chi connectivity index (χ4v) is 4.36. The maximum atomic E-state index is 12.4. The van der Waals surface area contributed by atoms with Gasteiger partial charge in [-0.25, -0.2) is 8.42 Å².